The fraction of sp³-hybridized carbons (Fsp3) is 0.333. The number of thiazole rings is 1. The Bertz CT molecular complexity index is 778. The van der Waals surface area contributed by atoms with E-state index in [-0.39, 0.29) is 0 Å². The molecule has 2 aromatic rings. The van der Waals surface area contributed by atoms with Gasteiger partial charge in [-0.05, 0) is 60.0 Å². The first-order chi connectivity index (χ1) is 11.6. The van der Waals surface area contributed by atoms with Gasteiger partial charge in [0.25, 0.3) is 0 Å². The van der Waals surface area contributed by atoms with Crippen LogP contribution < -0.4 is 9.47 Å². The summed E-state index contributed by atoms with van der Waals surface area (Å²) in [6.07, 6.45) is 2.73. The minimum atomic E-state index is 0.532. The largest absolute Gasteiger partial charge is 0.490 e. The number of hydrogen-bond donors (Lipinski definition) is 0. The van der Waals surface area contributed by atoms with Crippen molar-refractivity contribution < 1.29 is 9.47 Å². The topological polar surface area (TPSA) is 55.1 Å². The van der Waals surface area contributed by atoms with Crippen molar-refractivity contribution in [1.82, 2.24) is 4.98 Å². The molecule has 0 radical (unpaired) electrons. The van der Waals surface area contributed by atoms with Gasteiger partial charge in [-0.1, -0.05) is 6.92 Å². The number of hydrogen-bond acceptors (Lipinski definition) is 5. The van der Waals surface area contributed by atoms with E-state index in [4.69, 9.17) is 9.47 Å². The lowest BCUT2D eigenvalue weighted by Crippen LogP contribution is -2.01. The maximum atomic E-state index is 9.44. The van der Waals surface area contributed by atoms with Crippen LogP contribution in [0.3, 0.4) is 0 Å². The highest BCUT2D eigenvalue weighted by Crippen LogP contribution is 2.38. The van der Waals surface area contributed by atoms with Gasteiger partial charge in [0, 0.05) is 11.1 Å². The molecule has 2 rings (SSSR count). The van der Waals surface area contributed by atoms with Crippen molar-refractivity contribution in [3.63, 3.8) is 0 Å². The molecular weight excluding hydrogens is 388 g/mol. The Morgan fingerprint density at radius 3 is 2.75 bits per heavy atom. The first-order valence-corrected chi connectivity index (χ1v) is 9.39. The van der Waals surface area contributed by atoms with Crippen LogP contribution in [0.4, 0.5) is 0 Å². The summed E-state index contributed by atoms with van der Waals surface area (Å²) in [5, 5.41) is 12.1. The lowest BCUT2D eigenvalue weighted by Gasteiger charge is -2.14. The molecule has 0 saturated carbocycles. The quantitative estimate of drug-likeness (QED) is 0.572. The maximum absolute atomic E-state index is 9.44. The van der Waals surface area contributed by atoms with Crippen LogP contribution in [0.1, 0.15) is 36.5 Å². The van der Waals surface area contributed by atoms with Gasteiger partial charge in [0.2, 0.25) is 0 Å². The van der Waals surface area contributed by atoms with Crippen molar-refractivity contribution >= 4 is 38.9 Å². The second-order valence-corrected chi connectivity index (χ2v) is 6.79. The van der Waals surface area contributed by atoms with Gasteiger partial charge < -0.3 is 9.47 Å². The molecule has 0 saturated heterocycles. The summed E-state index contributed by atoms with van der Waals surface area (Å²) in [6.45, 7) is 7.06. The molecule has 0 amide bonds. The van der Waals surface area contributed by atoms with Crippen molar-refractivity contribution in [3.8, 4) is 17.6 Å². The third-order valence-electron chi connectivity index (χ3n) is 3.06. The average molecular weight is 407 g/mol. The van der Waals surface area contributed by atoms with Crippen molar-refractivity contribution in [2.24, 2.45) is 0 Å². The van der Waals surface area contributed by atoms with E-state index in [1.165, 1.54) is 11.3 Å². The molecule has 24 heavy (non-hydrogen) atoms. The van der Waals surface area contributed by atoms with Crippen LogP contribution in [0, 0.1) is 18.3 Å². The van der Waals surface area contributed by atoms with E-state index in [0.717, 1.165) is 27.2 Å². The van der Waals surface area contributed by atoms with Crippen LogP contribution >= 0.6 is 27.3 Å². The Morgan fingerprint density at radius 1 is 1.38 bits per heavy atom. The summed E-state index contributed by atoms with van der Waals surface area (Å²) in [6, 6.07) is 6.03. The highest BCUT2D eigenvalue weighted by Gasteiger charge is 2.13. The number of nitriles is 1. The van der Waals surface area contributed by atoms with Crippen molar-refractivity contribution in [3.05, 3.63) is 38.3 Å². The molecule has 1 aromatic heterocycles. The van der Waals surface area contributed by atoms with Crippen LogP contribution in [-0.2, 0) is 0 Å². The molecule has 0 N–H and O–H groups in total. The monoisotopic (exact) mass is 406 g/mol. The Hall–Kier alpha value is -1.84. The van der Waals surface area contributed by atoms with E-state index in [2.05, 4.69) is 33.9 Å². The predicted octanol–water partition coefficient (Wildman–Crippen LogP) is 5.47. The van der Waals surface area contributed by atoms with Crippen LogP contribution in [0.25, 0.3) is 11.6 Å². The Labute approximate surface area is 154 Å². The van der Waals surface area contributed by atoms with E-state index in [0.29, 0.717) is 30.3 Å². The smallest absolute Gasteiger partial charge is 0.175 e. The molecule has 1 aromatic carbocycles. The zero-order chi connectivity index (χ0) is 17.5. The molecule has 4 nitrogen and oxygen atoms in total. The van der Waals surface area contributed by atoms with E-state index in [1.54, 1.807) is 0 Å². The number of benzene rings is 1. The van der Waals surface area contributed by atoms with E-state index in [9.17, 15) is 5.26 Å². The van der Waals surface area contributed by atoms with E-state index in [1.807, 2.05) is 37.4 Å². The first-order valence-electron chi connectivity index (χ1n) is 7.72. The van der Waals surface area contributed by atoms with Crippen LogP contribution in [-0.4, -0.2) is 18.2 Å². The van der Waals surface area contributed by atoms with Crippen molar-refractivity contribution in [2.75, 3.05) is 13.2 Å². The molecule has 0 spiro atoms. The van der Waals surface area contributed by atoms with Gasteiger partial charge in [0.15, 0.2) is 11.5 Å². The standard InChI is InChI=1S/C18H19BrN2O2S/c1-4-6-23-17-15(19)8-13(9-16(17)22-5-2)7-14(10-20)18-21-12(3)11-24-18/h7-9,11H,4-6H2,1-3H3/b14-7-. The molecule has 0 aliphatic carbocycles. The predicted molar refractivity (Wildman–Crippen MR) is 101 cm³/mol. The zero-order valence-corrected chi connectivity index (χ0v) is 16.3. The summed E-state index contributed by atoms with van der Waals surface area (Å²) < 4.78 is 12.3. The highest BCUT2D eigenvalue weighted by molar-refractivity contribution is 9.10. The fourth-order valence-electron chi connectivity index (χ4n) is 2.06. The number of aromatic nitrogens is 1. The van der Waals surface area contributed by atoms with Gasteiger partial charge in [0.05, 0.1) is 23.3 Å². The van der Waals surface area contributed by atoms with Crippen molar-refractivity contribution in [1.29, 1.82) is 5.26 Å². The Morgan fingerprint density at radius 2 is 2.17 bits per heavy atom. The van der Waals surface area contributed by atoms with Gasteiger partial charge >= 0.3 is 0 Å². The number of allylic oxidation sites excluding steroid dienone is 1. The van der Waals surface area contributed by atoms with Gasteiger partial charge in [-0.3, -0.25) is 0 Å². The molecule has 0 aliphatic rings. The van der Waals surface area contributed by atoms with Gasteiger partial charge in [0.1, 0.15) is 11.1 Å². The Kier molecular flexibility index (Phi) is 6.83. The van der Waals surface area contributed by atoms with E-state index >= 15 is 0 Å². The molecule has 0 atom stereocenters. The second-order valence-electron chi connectivity index (χ2n) is 5.08. The lowest BCUT2D eigenvalue weighted by atomic mass is 10.1. The molecule has 126 valence electrons. The third-order valence-corrected chi connectivity index (χ3v) is 4.65. The van der Waals surface area contributed by atoms with Gasteiger partial charge in [-0.2, -0.15) is 5.26 Å². The molecule has 0 fully saturated rings. The molecule has 0 unspecified atom stereocenters. The second kappa shape index (κ2) is 8.86. The van der Waals surface area contributed by atoms with Gasteiger partial charge in [-0.25, -0.2) is 4.98 Å². The summed E-state index contributed by atoms with van der Waals surface area (Å²) >= 11 is 5.01. The summed E-state index contributed by atoms with van der Waals surface area (Å²) in [4.78, 5) is 4.38. The number of ether oxygens (including phenoxy) is 2. The highest BCUT2D eigenvalue weighted by atomic mass is 79.9. The summed E-state index contributed by atoms with van der Waals surface area (Å²) in [5.41, 5.74) is 2.30. The SMILES string of the molecule is CCCOc1c(Br)cc(/C=C(/C#N)c2nc(C)cs2)cc1OCC. The average Bonchev–Trinajstić information content (AvgIpc) is 2.98. The fourth-order valence-corrected chi connectivity index (χ4v) is 3.40. The Balaban J connectivity index is 2.43. The molecular formula is C18H19BrN2O2S. The molecule has 6 heteroatoms. The minimum absolute atomic E-state index is 0.532. The minimum Gasteiger partial charge on any atom is -0.490 e. The number of rotatable bonds is 7. The third kappa shape index (κ3) is 4.59. The molecule has 1 heterocycles. The van der Waals surface area contributed by atoms with Crippen LogP contribution in [0.2, 0.25) is 0 Å². The lowest BCUT2D eigenvalue weighted by molar-refractivity contribution is 0.275. The van der Waals surface area contributed by atoms with Crippen molar-refractivity contribution in [2.45, 2.75) is 27.2 Å². The normalized spacial score (nSPS) is 11.2. The number of nitrogens with zero attached hydrogens (tertiary/aromatic N) is 2. The van der Waals surface area contributed by atoms with Gasteiger partial charge in [-0.15, -0.1) is 11.3 Å². The first kappa shape index (κ1) is 18.5. The van der Waals surface area contributed by atoms with E-state index < -0.39 is 0 Å². The molecule has 0 bridgehead atoms. The number of halogens is 1. The summed E-state index contributed by atoms with van der Waals surface area (Å²) in [7, 11) is 0. The molecule has 0 aliphatic heterocycles. The number of aryl methyl sites for hydroxylation is 1. The summed E-state index contributed by atoms with van der Waals surface area (Å²) in [5.74, 6) is 1.36. The maximum Gasteiger partial charge on any atom is 0.175 e. The van der Waals surface area contributed by atoms with Crippen LogP contribution in [0.5, 0.6) is 11.5 Å². The zero-order valence-electron chi connectivity index (χ0n) is 13.9. The van der Waals surface area contributed by atoms with Crippen LogP contribution in [0.15, 0.2) is 22.0 Å².